The normalized spacial score (nSPS) is 19.0. The van der Waals surface area contributed by atoms with E-state index in [1.54, 1.807) is 34.9 Å². The molecule has 0 atom stereocenters. The van der Waals surface area contributed by atoms with E-state index >= 15 is 0 Å². The Balaban J connectivity index is 1.11. The van der Waals surface area contributed by atoms with E-state index in [0.29, 0.717) is 50.1 Å². The Labute approximate surface area is 207 Å². The van der Waals surface area contributed by atoms with Crippen molar-refractivity contribution in [2.75, 3.05) is 51.4 Å². The Kier molecular flexibility index (Phi) is 5.67. The number of ether oxygens (including phenoxy) is 4. The quantitative estimate of drug-likeness (QED) is 0.537. The Bertz CT molecular complexity index is 1360. The minimum absolute atomic E-state index is 0.0640. The Morgan fingerprint density at radius 2 is 1.81 bits per heavy atom. The minimum Gasteiger partial charge on any atom is -0.495 e. The maximum atomic E-state index is 12.8. The average Bonchev–Trinajstić information content (AvgIpc) is 3.23. The lowest BCUT2D eigenvalue weighted by molar-refractivity contribution is 0.000339. The summed E-state index contributed by atoms with van der Waals surface area (Å²) >= 11 is 0. The third-order valence-corrected chi connectivity index (χ3v) is 7.26. The minimum atomic E-state index is -0.506. The number of piperidine rings is 1. The number of aromatic nitrogens is 2. The molecule has 10 heteroatoms. The van der Waals surface area contributed by atoms with E-state index < -0.39 is 5.60 Å². The number of amides is 1. The van der Waals surface area contributed by atoms with E-state index in [4.69, 9.17) is 18.9 Å². The van der Waals surface area contributed by atoms with Crippen molar-refractivity contribution in [2.45, 2.75) is 25.0 Å². The molecule has 0 aliphatic carbocycles. The highest BCUT2D eigenvalue weighted by molar-refractivity contribution is 5.90. The van der Waals surface area contributed by atoms with Crippen LogP contribution in [0.25, 0.3) is 11.0 Å². The van der Waals surface area contributed by atoms with Gasteiger partial charge in [-0.2, -0.15) is 0 Å². The first kappa shape index (κ1) is 22.7. The van der Waals surface area contributed by atoms with Crippen molar-refractivity contribution in [1.29, 1.82) is 0 Å². The molecule has 3 aliphatic rings. The molecule has 3 aromatic rings. The first-order chi connectivity index (χ1) is 17.5. The van der Waals surface area contributed by atoms with Gasteiger partial charge in [0.05, 0.1) is 36.6 Å². The summed E-state index contributed by atoms with van der Waals surface area (Å²) in [5.74, 6) is 1.96. The lowest BCUT2D eigenvalue weighted by Crippen LogP contribution is -2.47. The van der Waals surface area contributed by atoms with Gasteiger partial charge in [0.15, 0.2) is 11.5 Å². The van der Waals surface area contributed by atoms with Crippen molar-refractivity contribution < 1.29 is 23.7 Å². The van der Waals surface area contributed by atoms with Crippen molar-refractivity contribution in [3.8, 4) is 17.2 Å². The molecule has 0 unspecified atom stereocenters. The lowest BCUT2D eigenvalue weighted by Gasteiger charge is -2.37. The molecule has 0 bridgehead atoms. The number of rotatable bonds is 5. The second-order valence-electron chi connectivity index (χ2n) is 9.41. The standard InChI is InChI=1S/C26H28N4O6/c1-33-19-15-21-20(27-16-19)3-5-24(31)29(21)11-10-28-8-6-26(7-9-28)17-30(25(32)36-26)18-2-4-22-23(14-18)35-13-12-34-22/h2-5,14-16H,6-13,17H2,1H3. The van der Waals surface area contributed by atoms with Gasteiger partial charge < -0.3 is 28.4 Å². The van der Waals surface area contributed by atoms with Gasteiger partial charge in [-0.25, -0.2) is 4.79 Å². The highest BCUT2D eigenvalue weighted by Crippen LogP contribution is 2.39. The summed E-state index contributed by atoms with van der Waals surface area (Å²) in [6, 6.07) is 10.7. The predicted molar refractivity (Wildman–Crippen MR) is 132 cm³/mol. The van der Waals surface area contributed by atoms with Crippen molar-refractivity contribution in [3.63, 3.8) is 0 Å². The van der Waals surface area contributed by atoms with Crippen molar-refractivity contribution in [2.24, 2.45) is 0 Å². The highest BCUT2D eigenvalue weighted by atomic mass is 16.6. The zero-order valence-corrected chi connectivity index (χ0v) is 20.1. The SMILES string of the molecule is COc1cnc2ccc(=O)n(CCN3CCC4(CC3)CN(c3ccc5c(c3)OCCO5)C(=O)O4)c2c1. The summed E-state index contributed by atoms with van der Waals surface area (Å²) in [5, 5.41) is 0. The third-order valence-electron chi connectivity index (χ3n) is 7.26. The van der Waals surface area contributed by atoms with Crippen LogP contribution < -0.4 is 24.7 Å². The Morgan fingerprint density at radius 1 is 1.00 bits per heavy atom. The van der Waals surface area contributed by atoms with Crippen LogP contribution in [0.15, 0.2) is 47.4 Å². The van der Waals surface area contributed by atoms with Crippen molar-refractivity contribution >= 4 is 22.8 Å². The molecule has 2 fully saturated rings. The van der Waals surface area contributed by atoms with Crippen LogP contribution in [0.2, 0.25) is 0 Å². The van der Waals surface area contributed by atoms with Crippen LogP contribution in [-0.4, -0.2) is 72.6 Å². The monoisotopic (exact) mass is 492 g/mol. The topological polar surface area (TPSA) is 95.4 Å². The maximum absolute atomic E-state index is 12.8. The zero-order chi connectivity index (χ0) is 24.7. The first-order valence-electron chi connectivity index (χ1n) is 12.2. The van der Waals surface area contributed by atoms with Gasteiger partial charge >= 0.3 is 6.09 Å². The smallest absolute Gasteiger partial charge is 0.415 e. The van der Waals surface area contributed by atoms with Gasteiger partial charge in [-0.15, -0.1) is 0 Å². The molecule has 1 spiro atoms. The lowest BCUT2D eigenvalue weighted by atomic mass is 9.91. The van der Waals surface area contributed by atoms with Gasteiger partial charge in [0.2, 0.25) is 0 Å². The highest BCUT2D eigenvalue weighted by Gasteiger charge is 2.47. The number of anilines is 1. The van der Waals surface area contributed by atoms with Crippen LogP contribution in [0, 0.1) is 0 Å². The Hall–Kier alpha value is -3.79. The predicted octanol–water partition coefficient (Wildman–Crippen LogP) is 2.67. The van der Waals surface area contributed by atoms with Gasteiger partial charge in [0.25, 0.3) is 5.56 Å². The summed E-state index contributed by atoms with van der Waals surface area (Å²) in [4.78, 5) is 33.8. The van der Waals surface area contributed by atoms with Gasteiger partial charge in [0, 0.05) is 57.2 Å². The summed E-state index contributed by atoms with van der Waals surface area (Å²) in [6.45, 7) is 4.35. The van der Waals surface area contributed by atoms with Crippen LogP contribution >= 0.6 is 0 Å². The summed E-state index contributed by atoms with van der Waals surface area (Å²) < 4.78 is 24.2. The first-order valence-corrected chi connectivity index (χ1v) is 12.2. The molecule has 188 valence electrons. The van der Waals surface area contributed by atoms with E-state index in [1.807, 2.05) is 24.3 Å². The largest absolute Gasteiger partial charge is 0.495 e. The van der Waals surface area contributed by atoms with Gasteiger partial charge in [-0.1, -0.05) is 0 Å². The number of methoxy groups -OCH3 is 1. The molecule has 36 heavy (non-hydrogen) atoms. The van der Waals surface area contributed by atoms with Crippen LogP contribution in [0.4, 0.5) is 10.5 Å². The summed E-state index contributed by atoms with van der Waals surface area (Å²) in [7, 11) is 1.59. The number of benzene rings is 1. The van der Waals surface area contributed by atoms with E-state index in [-0.39, 0.29) is 11.7 Å². The van der Waals surface area contributed by atoms with Crippen molar-refractivity contribution in [3.05, 3.63) is 52.9 Å². The number of carbonyl (C=O) groups excluding carboxylic acids is 1. The second kappa shape index (κ2) is 9.02. The molecule has 1 aromatic carbocycles. The molecule has 0 radical (unpaired) electrons. The molecule has 1 amide bonds. The number of pyridine rings is 2. The fourth-order valence-corrected chi connectivity index (χ4v) is 5.20. The fourth-order valence-electron chi connectivity index (χ4n) is 5.20. The number of carbonyl (C=O) groups is 1. The molecular weight excluding hydrogens is 464 g/mol. The van der Waals surface area contributed by atoms with Gasteiger partial charge in [0.1, 0.15) is 24.6 Å². The third kappa shape index (κ3) is 4.11. The summed E-state index contributed by atoms with van der Waals surface area (Å²) in [5.41, 5.74) is 1.70. The van der Waals surface area contributed by atoms with Crippen LogP contribution in [0.1, 0.15) is 12.8 Å². The van der Waals surface area contributed by atoms with Gasteiger partial charge in [-0.3, -0.25) is 14.7 Å². The number of hydrogen-bond donors (Lipinski definition) is 0. The molecule has 0 N–H and O–H groups in total. The molecule has 2 aromatic heterocycles. The maximum Gasteiger partial charge on any atom is 0.415 e. The molecule has 0 saturated carbocycles. The van der Waals surface area contributed by atoms with Gasteiger partial charge in [-0.05, 0) is 18.2 Å². The second-order valence-corrected chi connectivity index (χ2v) is 9.41. The van der Waals surface area contributed by atoms with Crippen LogP contribution in [0.5, 0.6) is 17.2 Å². The average molecular weight is 493 g/mol. The number of hydrogen-bond acceptors (Lipinski definition) is 8. The number of fused-ring (bicyclic) bond motifs is 2. The molecular formula is C26H28N4O6. The number of nitrogens with zero attached hydrogens (tertiary/aromatic N) is 4. The molecule has 3 aliphatic heterocycles. The molecule has 2 saturated heterocycles. The summed E-state index contributed by atoms with van der Waals surface area (Å²) in [6.07, 6.45) is 2.79. The zero-order valence-electron chi connectivity index (χ0n) is 20.1. The fraction of sp³-hybridized carbons (Fsp3) is 0.423. The van der Waals surface area contributed by atoms with Crippen LogP contribution in [-0.2, 0) is 11.3 Å². The van der Waals surface area contributed by atoms with E-state index in [1.165, 1.54) is 0 Å². The van der Waals surface area contributed by atoms with Crippen molar-refractivity contribution in [1.82, 2.24) is 14.5 Å². The van der Waals surface area contributed by atoms with E-state index in [0.717, 1.165) is 42.7 Å². The molecule has 5 heterocycles. The Morgan fingerprint density at radius 3 is 2.61 bits per heavy atom. The van der Waals surface area contributed by atoms with Crippen LogP contribution in [0.3, 0.4) is 0 Å². The van der Waals surface area contributed by atoms with E-state index in [9.17, 15) is 9.59 Å². The van der Waals surface area contributed by atoms with E-state index in [2.05, 4.69) is 9.88 Å². The molecule has 6 rings (SSSR count). The molecule has 10 nitrogen and oxygen atoms in total. The number of likely N-dealkylation sites (tertiary alicyclic amines) is 1.